The van der Waals surface area contributed by atoms with Crippen molar-refractivity contribution in [3.05, 3.63) is 77.0 Å². The molecule has 2 heterocycles. The van der Waals surface area contributed by atoms with Crippen molar-refractivity contribution in [1.29, 1.82) is 0 Å². The van der Waals surface area contributed by atoms with Crippen molar-refractivity contribution in [1.82, 2.24) is 15.2 Å². The molecule has 0 unspecified atom stereocenters. The van der Waals surface area contributed by atoms with Crippen LogP contribution >= 0.6 is 0 Å². The number of halogens is 1. The van der Waals surface area contributed by atoms with Crippen LogP contribution in [0.25, 0.3) is 15.7 Å². The summed E-state index contributed by atoms with van der Waals surface area (Å²) >= 11 is 0. The number of carbonyl (C=O) groups is 1. The fraction of sp³-hybridized carbons (Fsp3) is 0.320. The summed E-state index contributed by atoms with van der Waals surface area (Å²) < 4.78 is 19.3. The summed E-state index contributed by atoms with van der Waals surface area (Å²) in [5, 5.41) is 6.50. The zero-order valence-corrected chi connectivity index (χ0v) is 18.6. The zero-order chi connectivity index (χ0) is 23.4. The Morgan fingerprint density at radius 3 is 2.79 bits per heavy atom. The van der Waals surface area contributed by atoms with Crippen molar-refractivity contribution < 1.29 is 13.9 Å². The van der Waals surface area contributed by atoms with E-state index in [4.69, 9.17) is 11.3 Å². The Bertz CT molecular complexity index is 1190. The van der Waals surface area contributed by atoms with Crippen molar-refractivity contribution in [2.45, 2.75) is 18.9 Å². The van der Waals surface area contributed by atoms with Crippen LogP contribution in [0.4, 0.5) is 20.6 Å². The van der Waals surface area contributed by atoms with Crippen molar-refractivity contribution in [3.63, 3.8) is 0 Å². The summed E-state index contributed by atoms with van der Waals surface area (Å²) in [6, 6.07) is 14.1. The second-order valence-corrected chi connectivity index (χ2v) is 8.20. The predicted octanol–water partition coefficient (Wildman–Crippen LogP) is 4.47. The molecule has 170 valence electrons. The number of hydrogen-bond acceptors (Lipinski definition) is 4. The molecule has 8 heteroatoms. The van der Waals surface area contributed by atoms with Crippen molar-refractivity contribution in [3.8, 4) is 0 Å². The van der Waals surface area contributed by atoms with E-state index in [0.29, 0.717) is 28.9 Å². The fourth-order valence-electron chi connectivity index (χ4n) is 4.29. The summed E-state index contributed by atoms with van der Waals surface area (Å²) in [6.45, 7) is 11.8. The lowest BCUT2D eigenvalue weighted by Gasteiger charge is -2.21. The molecule has 1 aliphatic heterocycles. The molecule has 0 radical (unpaired) electrons. The lowest BCUT2D eigenvalue weighted by atomic mass is 9.94. The summed E-state index contributed by atoms with van der Waals surface area (Å²) in [5.74, 6) is -0.447. The van der Waals surface area contributed by atoms with Gasteiger partial charge in [-0.1, -0.05) is 30.3 Å². The Kier molecular flexibility index (Phi) is 6.82. The molecule has 2 atom stereocenters. The number of hydrogen-bond donors (Lipinski definition) is 2. The second-order valence-electron chi connectivity index (χ2n) is 8.20. The third-order valence-corrected chi connectivity index (χ3v) is 5.99. The monoisotopic (exact) mass is 447 g/mol. The maximum Gasteiger partial charge on any atom is 0.319 e. The van der Waals surface area contributed by atoms with Gasteiger partial charge in [-0.15, -0.1) is 0 Å². The van der Waals surface area contributed by atoms with Crippen LogP contribution in [0.1, 0.15) is 17.2 Å². The van der Waals surface area contributed by atoms with Gasteiger partial charge in [0.1, 0.15) is 5.82 Å². The number of amides is 2. The summed E-state index contributed by atoms with van der Waals surface area (Å²) in [6.07, 6.45) is 0. The first-order valence-corrected chi connectivity index (χ1v) is 10.8. The van der Waals surface area contributed by atoms with Gasteiger partial charge >= 0.3 is 6.03 Å². The van der Waals surface area contributed by atoms with Gasteiger partial charge in [-0.25, -0.2) is 14.0 Å². The minimum Gasteiger partial charge on any atom is -0.383 e. The van der Waals surface area contributed by atoms with E-state index < -0.39 is 5.82 Å². The summed E-state index contributed by atoms with van der Waals surface area (Å²) in [7, 11) is 1.68. The predicted molar refractivity (Wildman–Crippen MR) is 126 cm³/mol. The molecule has 0 bridgehead atoms. The van der Waals surface area contributed by atoms with E-state index in [2.05, 4.69) is 37.5 Å². The van der Waals surface area contributed by atoms with Crippen molar-refractivity contribution >= 4 is 28.3 Å². The normalized spacial score (nSPS) is 18.2. The SMILES string of the molecule is [C-]#[N+]c1cc2nc(C)c(NC(=O)N[C@@H]3CN(CCOC)C[C@H]3c3ccccc3)cc2cc1F. The quantitative estimate of drug-likeness (QED) is 0.547. The molecule has 2 amide bonds. The van der Waals surface area contributed by atoms with Gasteiger partial charge < -0.3 is 15.4 Å². The fourth-order valence-corrected chi connectivity index (χ4v) is 4.29. The molecule has 33 heavy (non-hydrogen) atoms. The largest absolute Gasteiger partial charge is 0.383 e. The number of nitrogens with zero attached hydrogens (tertiary/aromatic N) is 3. The summed E-state index contributed by atoms with van der Waals surface area (Å²) in [4.78, 5) is 22.8. The molecule has 7 nitrogen and oxygen atoms in total. The van der Waals surface area contributed by atoms with Gasteiger partial charge in [-0.05, 0) is 30.7 Å². The standard InChI is InChI=1S/C25H26FN5O2/c1-16-21(12-18-11-20(26)23(27-2)13-22(18)28-16)29-25(32)30-24-15-31(9-10-33-3)14-19(24)17-7-5-4-6-8-17/h4-8,11-13,19,24H,9-10,14-15H2,1,3H3,(H2,29,30,32)/t19-,24+/m0/s1. The Balaban J connectivity index is 1.51. The van der Waals surface area contributed by atoms with Crippen LogP contribution in [-0.4, -0.2) is 55.3 Å². The number of pyridine rings is 1. The van der Waals surface area contributed by atoms with Gasteiger partial charge in [-0.3, -0.25) is 9.88 Å². The van der Waals surface area contributed by atoms with Gasteiger partial charge in [0.15, 0.2) is 0 Å². The minimum absolute atomic E-state index is 0.0703. The molecular weight excluding hydrogens is 421 g/mol. The number of likely N-dealkylation sites (tertiary alicyclic amines) is 1. The number of nitrogens with one attached hydrogen (secondary N) is 2. The number of aryl methyl sites for hydroxylation is 1. The minimum atomic E-state index is -0.605. The van der Waals surface area contributed by atoms with E-state index in [9.17, 15) is 9.18 Å². The number of anilines is 1. The zero-order valence-electron chi connectivity index (χ0n) is 18.6. The molecule has 1 aliphatic rings. The molecule has 0 spiro atoms. The molecule has 3 aromatic rings. The lowest BCUT2D eigenvalue weighted by molar-refractivity contribution is 0.159. The van der Waals surface area contributed by atoms with Crippen molar-refractivity contribution in [2.24, 2.45) is 0 Å². The highest BCUT2D eigenvalue weighted by molar-refractivity contribution is 5.94. The second kappa shape index (κ2) is 9.94. The van der Waals surface area contributed by atoms with Gasteiger partial charge in [0.2, 0.25) is 5.69 Å². The van der Waals surface area contributed by atoms with E-state index in [1.807, 2.05) is 18.2 Å². The first-order valence-electron chi connectivity index (χ1n) is 10.8. The third kappa shape index (κ3) is 5.11. The summed E-state index contributed by atoms with van der Waals surface area (Å²) in [5.41, 5.74) is 2.71. The molecule has 1 fully saturated rings. The molecule has 0 aliphatic carbocycles. The maximum absolute atomic E-state index is 14.1. The smallest absolute Gasteiger partial charge is 0.319 e. The molecule has 1 aromatic heterocycles. The molecular formula is C25H26FN5O2. The van der Waals surface area contributed by atoms with E-state index in [1.165, 1.54) is 17.7 Å². The third-order valence-electron chi connectivity index (χ3n) is 5.99. The molecule has 1 saturated heterocycles. The lowest BCUT2D eigenvalue weighted by Crippen LogP contribution is -2.42. The van der Waals surface area contributed by atoms with Gasteiger partial charge in [0, 0.05) is 38.0 Å². The average Bonchev–Trinajstić information content (AvgIpc) is 3.21. The molecule has 2 N–H and O–H groups in total. The molecule has 4 rings (SSSR count). The van der Waals surface area contributed by atoms with Crippen LogP contribution in [-0.2, 0) is 4.74 Å². The number of carbonyl (C=O) groups excluding carboxylic acids is 1. The van der Waals surface area contributed by atoms with Crippen LogP contribution in [0.5, 0.6) is 0 Å². The van der Waals surface area contributed by atoms with Crippen LogP contribution in [0.2, 0.25) is 0 Å². The highest BCUT2D eigenvalue weighted by Crippen LogP contribution is 2.29. The first kappa shape index (κ1) is 22.6. The number of fused-ring (bicyclic) bond motifs is 1. The Hall–Kier alpha value is -3.54. The number of urea groups is 1. The number of rotatable bonds is 6. The number of benzene rings is 2. The topological polar surface area (TPSA) is 70.9 Å². The van der Waals surface area contributed by atoms with Gasteiger partial charge in [0.05, 0.1) is 36.1 Å². The first-order chi connectivity index (χ1) is 16.0. The van der Waals surface area contributed by atoms with Gasteiger partial charge in [0.25, 0.3) is 0 Å². The number of ether oxygens (including phenoxy) is 1. The van der Waals surface area contributed by atoms with Crippen LogP contribution in [0.3, 0.4) is 0 Å². The van der Waals surface area contributed by atoms with E-state index in [1.54, 1.807) is 20.1 Å². The molecule has 0 saturated carbocycles. The van der Waals surface area contributed by atoms with Crippen LogP contribution in [0.15, 0.2) is 48.5 Å². The van der Waals surface area contributed by atoms with Gasteiger partial charge in [-0.2, -0.15) is 0 Å². The highest BCUT2D eigenvalue weighted by Gasteiger charge is 2.34. The van der Waals surface area contributed by atoms with Crippen molar-refractivity contribution in [2.75, 3.05) is 38.7 Å². The number of methoxy groups -OCH3 is 1. The Morgan fingerprint density at radius 2 is 2.06 bits per heavy atom. The van der Waals surface area contributed by atoms with Crippen LogP contribution in [0, 0.1) is 19.3 Å². The van der Waals surface area contributed by atoms with Crippen LogP contribution < -0.4 is 10.6 Å². The highest BCUT2D eigenvalue weighted by atomic mass is 19.1. The Morgan fingerprint density at radius 1 is 1.27 bits per heavy atom. The van der Waals surface area contributed by atoms with E-state index in [-0.39, 0.29) is 23.7 Å². The van der Waals surface area contributed by atoms with E-state index in [0.717, 1.165) is 19.6 Å². The average molecular weight is 448 g/mol. The number of aromatic nitrogens is 1. The van der Waals surface area contributed by atoms with E-state index >= 15 is 0 Å². The molecule has 2 aromatic carbocycles. The maximum atomic E-state index is 14.1. The Labute approximate surface area is 192 Å².